The Balaban J connectivity index is 0.000000291. The van der Waals surface area contributed by atoms with E-state index in [1.807, 2.05) is 24.3 Å². The highest BCUT2D eigenvalue weighted by Crippen LogP contribution is 2.45. The lowest BCUT2D eigenvalue weighted by molar-refractivity contribution is -0.119. The highest BCUT2D eigenvalue weighted by atomic mass is 16.5. The summed E-state index contributed by atoms with van der Waals surface area (Å²) in [6, 6.07) is 7.70. The number of benzene rings is 1. The van der Waals surface area contributed by atoms with Gasteiger partial charge < -0.3 is 31.5 Å². The van der Waals surface area contributed by atoms with Gasteiger partial charge in [-0.25, -0.2) is 0 Å². The van der Waals surface area contributed by atoms with E-state index in [0.29, 0.717) is 17.9 Å². The SMILES string of the molecule is CN[C@@H](C)C(N)=O.C[C@@H](CCCO)C1(CCNC=O)CC=CC1.O=CNC1CCOc2ccccc21. The van der Waals surface area contributed by atoms with Gasteiger partial charge in [0.2, 0.25) is 18.7 Å². The number of ether oxygens (including phenoxy) is 1. The second-order valence-corrected chi connectivity index (χ2v) is 9.26. The number of nitrogens with two attached hydrogens (primary N) is 1. The number of carbonyl (C=O) groups excluding carboxylic acids is 3. The second-order valence-electron chi connectivity index (χ2n) is 9.26. The maximum absolute atomic E-state index is 10.3. The van der Waals surface area contributed by atoms with Gasteiger partial charge in [-0.3, -0.25) is 14.4 Å². The number of fused-ring (bicyclic) bond motifs is 1. The largest absolute Gasteiger partial charge is 0.493 e. The molecule has 0 spiro atoms. The Hall–Kier alpha value is -2.91. The first kappa shape index (κ1) is 31.1. The van der Waals surface area contributed by atoms with Gasteiger partial charge in [-0.1, -0.05) is 37.3 Å². The van der Waals surface area contributed by atoms with Gasteiger partial charge >= 0.3 is 0 Å². The number of aliphatic hydroxyl groups is 1. The number of carbonyl (C=O) groups is 3. The van der Waals surface area contributed by atoms with Crippen LogP contribution in [0.5, 0.6) is 5.75 Å². The molecule has 3 rings (SSSR count). The normalized spacial score (nSPS) is 18.5. The lowest BCUT2D eigenvalue weighted by Gasteiger charge is -2.35. The predicted molar refractivity (Wildman–Crippen MR) is 141 cm³/mol. The van der Waals surface area contributed by atoms with Crippen molar-refractivity contribution in [3.63, 3.8) is 0 Å². The molecule has 1 unspecified atom stereocenters. The number of likely N-dealkylation sites (N-methyl/N-ethyl adjacent to an activating group) is 1. The quantitative estimate of drug-likeness (QED) is 0.168. The molecule has 0 saturated carbocycles. The maximum atomic E-state index is 10.3. The molecule has 3 atom stereocenters. The molecular formula is C27H44N4O5. The fourth-order valence-electron chi connectivity index (χ4n) is 4.40. The summed E-state index contributed by atoms with van der Waals surface area (Å²) in [6.07, 6.45) is 12.1. The summed E-state index contributed by atoms with van der Waals surface area (Å²) < 4.78 is 5.44. The molecule has 1 aromatic carbocycles. The molecular weight excluding hydrogens is 460 g/mol. The zero-order valence-electron chi connectivity index (χ0n) is 21.9. The highest BCUT2D eigenvalue weighted by molar-refractivity contribution is 5.79. The number of hydrogen-bond acceptors (Lipinski definition) is 6. The van der Waals surface area contributed by atoms with Crippen molar-refractivity contribution in [2.75, 3.05) is 26.8 Å². The van der Waals surface area contributed by atoms with Crippen LogP contribution in [0.15, 0.2) is 36.4 Å². The lowest BCUT2D eigenvalue weighted by atomic mass is 9.70. The predicted octanol–water partition coefficient (Wildman–Crippen LogP) is 2.20. The van der Waals surface area contributed by atoms with E-state index in [9.17, 15) is 14.4 Å². The number of aliphatic hydroxyl groups excluding tert-OH is 1. The molecule has 2 aliphatic rings. The minimum Gasteiger partial charge on any atom is -0.493 e. The molecule has 6 N–H and O–H groups in total. The van der Waals surface area contributed by atoms with E-state index in [4.69, 9.17) is 15.6 Å². The minimum atomic E-state index is -0.317. The third-order valence-corrected chi connectivity index (χ3v) is 6.99. The van der Waals surface area contributed by atoms with Crippen molar-refractivity contribution >= 4 is 18.7 Å². The number of para-hydroxylation sites is 1. The number of rotatable bonds is 12. The van der Waals surface area contributed by atoms with E-state index in [1.165, 1.54) is 0 Å². The van der Waals surface area contributed by atoms with E-state index >= 15 is 0 Å². The Labute approximate surface area is 215 Å². The maximum Gasteiger partial charge on any atom is 0.234 e. The van der Waals surface area contributed by atoms with Gasteiger partial charge in [0.1, 0.15) is 5.75 Å². The highest BCUT2D eigenvalue weighted by Gasteiger charge is 2.35. The molecule has 0 saturated heterocycles. The summed E-state index contributed by atoms with van der Waals surface area (Å²) >= 11 is 0. The van der Waals surface area contributed by atoms with Crippen molar-refractivity contribution in [2.24, 2.45) is 17.1 Å². The van der Waals surface area contributed by atoms with Gasteiger partial charge in [-0.15, -0.1) is 0 Å². The van der Waals surface area contributed by atoms with Crippen LogP contribution in [0.2, 0.25) is 0 Å². The van der Waals surface area contributed by atoms with E-state index in [0.717, 1.165) is 69.2 Å². The van der Waals surface area contributed by atoms with Crippen molar-refractivity contribution in [3.8, 4) is 5.75 Å². The topological polar surface area (TPSA) is 143 Å². The van der Waals surface area contributed by atoms with Crippen LogP contribution in [0.4, 0.5) is 0 Å². The van der Waals surface area contributed by atoms with Gasteiger partial charge in [0, 0.05) is 25.1 Å². The molecule has 36 heavy (non-hydrogen) atoms. The molecule has 1 heterocycles. The summed E-state index contributed by atoms with van der Waals surface area (Å²) in [5.41, 5.74) is 6.23. The molecule has 0 aromatic heterocycles. The summed E-state index contributed by atoms with van der Waals surface area (Å²) in [5, 5.41) is 17.1. The van der Waals surface area contributed by atoms with E-state index in [-0.39, 0.29) is 24.6 Å². The van der Waals surface area contributed by atoms with Crippen LogP contribution >= 0.6 is 0 Å². The number of hydrogen-bond donors (Lipinski definition) is 5. The van der Waals surface area contributed by atoms with Gasteiger partial charge in [0.15, 0.2) is 0 Å². The van der Waals surface area contributed by atoms with Crippen LogP contribution in [0, 0.1) is 11.3 Å². The summed E-state index contributed by atoms with van der Waals surface area (Å²) in [5.74, 6) is 1.17. The van der Waals surface area contributed by atoms with E-state index < -0.39 is 0 Å². The van der Waals surface area contributed by atoms with Gasteiger partial charge in [0.25, 0.3) is 0 Å². The Kier molecular flexibility index (Phi) is 15.1. The smallest absolute Gasteiger partial charge is 0.234 e. The zero-order chi connectivity index (χ0) is 26.8. The Bertz CT molecular complexity index is 809. The Morgan fingerprint density at radius 3 is 2.47 bits per heavy atom. The third-order valence-electron chi connectivity index (χ3n) is 6.99. The molecule has 1 aromatic rings. The molecule has 9 heteroatoms. The molecule has 202 valence electrons. The molecule has 0 fully saturated rings. The van der Waals surface area contributed by atoms with Gasteiger partial charge in [0.05, 0.1) is 18.7 Å². The van der Waals surface area contributed by atoms with Crippen molar-refractivity contribution in [3.05, 3.63) is 42.0 Å². The monoisotopic (exact) mass is 504 g/mol. The van der Waals surface area contributed by atoms with E-state index in [2.05, 4.69) is 35.0 Å². The van der Waals surface area contributed by atoms with Crippen LogP contribution in [-0.4, -0.2) is 56.7 Å². The summed E-state index contributed by atoms with van der Waals surface area (Å²) in [4.78, 5) is 30.7. The first-order valence-electron chi connectivity index (χ1n) is 12.7. The average molecular weight is 505 g/mol. The fourth-order valence-corrected chi connectivity index (χ4v) is 4.40. The van der Waals surface area contributed by atoms with Crippen LogP contribution in [0.1, 0.15) is 64.0 Å². The van der Waals surface area contributed by atoms with Crippen LogP contribution in [0.3, 0.4) is 0 Å². The van der Waals surface area contributed by atoms with Crippen molar-refractivity contribution in [2.45, 2.75) is 64.5 Å². The molecule has 0 bridgehead atoms. The zero-order valence-corrected chi connectivity index (χ0v) is 21.9. The molecule has 1 aliphatic heterocycles. The number of amides is 3. The standard InChI is InChI=1S/C13H23NO2.C10H11NO2.C4H10N2O/c1-12(5-4-10-15)13(6-2-3-7-13)8-9-14-11-16;12-7-11-9-5-6-13-10-4-2-1-3-8(9)10;1-3(6-2)4(5)7/h2-3,11-12,15H,4-10H2,1H3,(H,14,16);1-4,7,9H,5-6H2,(H,11,12);3,6H,1-2H3,(H2,5,7)/t12-;;3-/m0.0/s1. The second kappa shape index (κ2) is 17.5. The number of primary amides is 1. The first-order valence-corrected chi connectivity index (χ1v) is 12.7. The number of nitrogens with one attached hydrogen (secondary N) is 3. The number of allylic oxidation sites excluding steroid dienone is 2. The Morgan fingerprint density at radius 1 is 1.22 bits per heavy atom. The van der Waals surface area contributed by atoms with Crippen molar-refractivity contribution in [1.82, 2.24) is 16.0 Å². The van der Waals surface area contributed by atoms with Crippen molar-refractivity contribution in [1.29, 1.82) is 0 Å². The lowest BCUT2D eigenvalue weighted by Crippen LogP contribution is -2.36. The minimum absolute atomic E-state index is 0.113. The van der Waals surface area contributed by atoms with Crippen LogP contribution in [0.25, 0.3) is 0 Å². The van der Waals surface area contributed by atoms with Crippen molar-refractivity contribution < 1.29 is 24.2 Å². The van der Waals surface area contributed by atoms with Gasteiger partial charge in [-0.05, 0) is 63.5 Å². The first-order chi connectivity index (χ1) is 17.3. The van der Waals surface area contributed by atoms with Gasteiger partial charge in [-0.2, -0.15) is 0 Å². The molecule has 3 amide bonds. The summed E-state index contributed by atoms with van der Waals surface area (Å²) in [7, 11) is 1.69. The molecule has 9 nitrogen and oxygen atoms in total. The van der Waals surface area contributed by atoms with E-state index in [1.54, 1.807) is 14.0 Å². The fraction of sp³-hybridized carbons (Fsp3) is 0.593. The Morgan fingerprint density at radius 2 is 1.92 bits per heavy atom. The van der Waals surface area contributed by atoms with Crippen LogP contribution < -0.4 is 26.4 Å². The third kappa shape index (κ3) is 10.4. The van der Waals surface area contributed by atoms with Crippen LogP contribution in [-0.2, 0) is 14.4 Å². The molecule has 1 aliphatic carbocycles. The molecule has 0 radical (unpaired) electrons. The average Bonchev–Trinajstić information content (AvgIpc) is 3.38. The summed E-state index contributed by atoms with van der Waals surface area (Å²) in [6.45, 7) is 5.68.